The van der Waals surface area contributed by atoms with E-state index in [1.165, 1.54) is 5.56 Å². The number of rotatable bonds is 3. The molecule has 0 radical (unpaired) electrons. The maximum atomic E-state index is 10.4. The maximum absolute atomic E-state index is 10.4. The van der Waals surface area contributed by atoms with Crippen molar-refractivity contribution in [1.82, 2.24) is 0 Å². The van der Waals surface area contributed by atoms with Crippen LogP contribution in [0.5, 0.6) is 0 Å². The lowest BCUT2D eigenvalue weighted by Gasteiger charge is -2.12. The van der Waals surface area contributed by atoms with Gasteiger partial charge in [0, 0.05) is 4.47 Å². The van der Waals surface area contributed by atoms with Crippen molar-refractivity contribution in [3.8, 4) is 0 Å². The normalized spacial score (nSPS) is 29.2. The first-order valence-electron chi connectivity index (χ1n) is 5.56. The first kappa shape index (κ1) is 11.2. The van der Waals surface area contributed by atoms with Crippen LogP contribution in [0.25, 0.3) is 0 Å². The quantitative estimate of drug-likeness (QED) is 0.885. The SMILES string of the molecule is CCCC1CC1(O)c1cc(C)cc(Br)c1. The second kappa shape index (κ2) is 3.91. The van der Waals surface area contributed by atoms with E-state index in [1.807, 2.05) is 6.07 Å². The number of aliphatic hydroxyl groups is 1. The van der Waals surface area contributed by atoms with Crippen LogP contribution in [-0.2, 0) is 5.60 Å². The van der Waals surface area contributed by atoms with Crippen molar-refractivity contribution in [2.24, 2.45) is 5.92 Å². The molecule has 1 aliphatic carbocycles. The summed E-state index contributed by atoms with van der Waals surface area (Å²) in [6, 6.07) is 6.22. The van der Waals surface area contributed by atoms with Gasteiger partial charge in [0.25, 0.3) is 0 Å². The van der Waals surface area contributed by atoms with E-state index in [0.717, 1.165) is 29.3 Å². The van der Waals surface area contributed by atoms with Gasteiger partial charge in [-0.1, -0.05) is 35.3 Å². The summed E-state index contributed by atoms with van der Waals surface area (Å²) >= 11 is 3.48. The van der Waals surface area contributed by atoms with Crippen LogP contribution >= 0.6 is 15.9 Å². The summed E-state index contributed by atoms with van der Waals surface area (Å²) in [5.41, 5.74) is 1.74. The highest BCUT2D eigenvalue weighted by atomic mass is 79.9. The zero-order valence-corrected chi connectivity index (χ0v) is 10.8. The van der Waals surface area contributed by atoms with Crippen molar-refractivity contribution in [3.05, 3.63) is 33.8 Å². The van der Waals surface area contributed by atoms with Gasteiger partial charge in [-0.3, -0.25) is 0 Å². The van der Waals surface area contributed by atoms with Gasteiger partial charge in [-0.2, -0.15) is 0 Å². The Kier molecular flexibility index (Phi) is 2.91. The van der Waals surface area contributed by atoms with Crippen LogP contribution in [0.4, 0.5) is 0 Å². The molecule has 0 saturated heterocycles. The van der Waals surface area contributed by atoms with E-state index in [4.69, 9.17) is 0 Å². The molecule has 0 aromatic heterocycles. The summed E-state index contributed by atoms with van der Waals surface area (Å²) in [6.07, 6.45) is 3.21. The minimum atomic E-state index is -0.537. The smallest absolute Gasteiger partial charge is 0.0930 e. The summed E-state index contributed by atoms with van der Waals surface area (Å²) in [5.74, 6) is 0.469. The fourth-order valence-corrected chi connectivity index (χ4v) is 2.95. The van der Waals surface area contributed by atoms with Crippen molar-refractivity contribution in [3.63, 3.8) is 0 Å². The van der Waals surface area contributed by atoms with Crippen molar-refractivity contribution in [1.29, 1.82) is 0 Å². The summed E-state index contributed by atoms with van der Waals surface area (Å²) in [7, 11) is 0. The Balaban J connectivity index is 2.24. The molecule has 2 heteroatoms. The lowest BCUT2D eigenvalue weighted by atomic mass is 10.0. The van der Waals surface area contributed by atoms with Crippen molar-refractivity contribution in [2.45, 2.75) is 38.7 Å². The Hall–Kier alpha value is -0.340. The molecule has 1 N–H and O–H groups in total. The van der Waals surface area contributed by atoms with Gasteiger partial charge in [0.2, 0.25) is 0 Å². The number of hydrogen-bond donors (Lipinski definition) is 1. The van der Waals surface area contributed by atoms with Crippen molar-refractivity contribution in [2.75, 3.05) is 0 Å². The molecular weight excluding hydrogens is 252 g/mol. The number of hydrogen-bond acceptors (Lipinski definition) is 1. The highest BCUT2D eigenvalue weighted by Crippen LogP contribution is 2.54. The highest BCUT2D eigenvalue weighted by Gasteiger charge is 2.53. The fourth-order valence-electron chi connectivity index (χ4n) is 2.35. The molecule has 0 amide bonds. The largest absolute Gasteiger partial charge is 0.385 e. The van der Waals surface area contributed by atoms with E-state index in [2.05, 4.69) is 41.9 Å². The van der Waals surface area contributed by atoms with Crippen molar-refractivity contribution < 1.29 is 5.11 Å². The molecule has 2 atom stereocenters. The average molecular weight is 269 g/mol. The zero-order valence-electron chi connectivity index (χ0n) is 9.26. The molecule has 1 saturated carbocycles. The lowest BCUT2D eigenvalue weighted by molar-refractivity contribution is 0.129. The van der Waals surface area contributed by atoms with Gasteiger partial charge in [-0.05, 0) is 48.9 Å². The van der Waals surface area contributed by atoms with E-state index in [-0.39, 0.29) is 0 Å². The number of benzene rings is 1. The maximum Gasteiger partial charge on any atom is 0.0930 e. The Morgan fingerprint density at radius 1 is 1.47 bits per heavy atom. The molecule has 1 nitrogen and oxygen atoms in total. The molecule has 2 rings (SSSR count). The van der Waals surface area contributed by atoms with Gasteiger partial charge in [0.15, 0.2) is 0 Å². The molecule has 0 aliphatic heterocycles. The molecule has 1 aromatic carbocycles. The molecule has 0 spiro atoms. The Bertz CT molecular complexity index is 355. The van der Waals surface area contributed by atoms with Gasteiger partial charge in [0.1, 0.15) is 0 Å². The topological polar surface area (TPSA) is 20.2 Å². The second-order valence-corrected chi connectivity index (χ2v) is 5.55. The predicted molar refractivity (Wildman–Crippen MR) is 65.8 cm³/mol. The Morgan fingerprint density at radius 3 is 2.80 bits per heavy atom. The fraction of sp³-hybridized carbons (Fsp3) is 0.538. The predicted octanol–water partition coefficient (Wildman–Crippen LogP) is 3.77. The third-order valence-electron chi connectivity index (χ3n) is 3.25. The average Bonchev–Trinajstić information content (AvgIpc) is 2.77. The van der Waals surface area contributed by atoms with Crippen LogP contribution in [0.2, 0.25) is 0 Å². The Labute approximate surface area is 99.6 Å². The van der Waals surface area contributed by atoms with Crippen LogP contribution in [0.1, 0.15) is 37.3 Å². The zero-order chi connectivity index (χ0) is 11.1. The van der Waals surface area contributed by atoms with E-state index in [0.29, 0.717) is 5.92 Å². The lowest BCUT2D eigenvalue weighted by Crippen LogP contribution is -2.09. The molecule has 0 bridgehead atoms. The van der Waals surface area contributed by atoms with Gasteiger partial charge in [-0.25, -0.2) is 0 Å². The van der Waals surface area contributed by atoms with Gasteiger partial charge in [-0.15, -0.1) is 0 Å². The van der Waals surface area contributed by atoms with E-state index < -0.39 is 5.60 Å². The molecule has 1 aromatic rings. The summed E-state index contributed by atoms with van der Waals surface area (Å²) in [5, 5.41) is 10.4. The first-order chi connectivity index (χ1) is 7.06. The monoisotopic (exact) mass is 268 g/mol. The summed E-state index contributed by atoms with van der Waals surface area (Å²) < 4.78 is 1.06. The standard InChI is InChI=1S/C13H17BrO/c1-3-4-10-8-13(10,15)11-5-9(2)6-12(14)7-11/h5-7,10,15H,3-4,8H2,1-2H3. The van der Waals surface area contributed by atoms with Crippen LogP contribution in [0.15, 0.2) is 22.7 Å². The molecule has 0 heterocycles. The molecule has 82 valence electrons. The van der Waals surface area contributed by atoms with Crippen LogP contribution < -0.4 is 0 Å². The summed E-state index contributed by atoms with van der Waals surface area (Å²) in [4.78, 5) is 0. The third-order valence-corrected chi connectivity index (χ3v) is 3.71. The molecule has 15 heavy (non-hydrogen) atoms. The molecular formula is C13H17BrO. The summed E-state index contributed by atoms with van der Waals surface area (Å²) in [6.45, 7) is 4.24. The highest BCUT2D eigenvalue weighted by molar-refractivity contribution is 9.10. The van der Waals surface area contributed by atoms with E-state index >= 15 is 0 Å². The van der Waals surface area contributed by atoms with Crippen LogP contribution in [-0.4, -0.2) is 5.11 Å². The number of halogens is 1. The van der Waals surface area contributed by atoms with Gasteiger partial charge < -0.3 is 5.11 Å². The first-order valence-corrected chi connectivity index (χ1v) is 6.35. The third kappa shape index (κ3) is 2.11. The minimum absolute atomic E-state index is 0.469. The second-order valence-electron chi connectivity index (χ2n) is 4.63. The van der Waals surface area contributed by atoms with Crippen LogP contribution in [0.3, 0.4) is 0 Å². The molecule has 2 unspecified atom stereocenters. The van der Waals surface area contributed by atoms with Crippen molar-refractivity contribution >= 4 is 15.9 Å². The molecule has 1 fully saturated rings. The van der Waals surface area contributed by atoms with E-state index in [1.54, 1.807) is 0 Å². The van der Waals surface area contributed by atoms with E-state index in [9.17, 15) is 5.11 Å². The molecule has 1 aliphatic rings. The Morgan fingerprint density at radius 2 is 2.20 bits per heavy atom. The number of aryl methyl sites for hydroxylation is 1. The van der Waals surface area contributed by atoms with Crippen LogP contribution in [0, 0.1) is 12.8 Å². The minimum Gasteiger partial charge on any atom is -0.385 e. The van der Waals surface area contributed by atoms with Gasteiger partial charge in [0.05, 0.1) is 5.60 Å². The van der Waals surface area contributed by atoms with Gasteiger partial charge >= 0.3 is 0 Å².